The van der Waals surface area contributed by atoms with Crippen molar-refractivity contribution in [3.8, 4) is 11.8 Å². The van der Waals surface area contributed by atoms with Gasteiger partial charge in [-0.2, -0.15) is 11.3 Å². The molecule has 0 unspecified atom stereocenters. The molecule has 0 radical (unpaired) electrons. The summed E-state index contributed by atoms with van der Waals surface area (Å²) in [5.41, 5.74) is 2.27. The Morgan fingerprint density at radius 1 is 1.19 bits per heavy atom. The van der Waals surface area contributed by atoms with Crippen LogP contribution in [0.25, 0.3) is 0 Å². The summed E-state index contributed by atoms with van der Waals surface area (Å²) in [4.78, 5) is 0. The van der Waals surface area contributed by atoms with E-state index in [2.05, 4.69) is 35.2 Å². The first-order valence-corrected chi connectivity index (χ1v) is 6.05. The molecule has 0 aliphatic heterocycles. The van der Waals surface area contributed by atoms with Crippen molar-refractivity contribution in [1.29, 1.82) is 0 Å². The molecule has 0 aliphatic rings. The normalized spacial score (nSPS) is 11.2. The maximum atomic E-state index is 3.83. The van der Waals surface area contributed by atoms with Gasteiger partial charge in [-0.1, -0.05) is 36.1 Å². The van der Waals surface area contributed by atoms with Crippen LogP contribution >= 0.6 is 11.3 Å². The predicted octanol–water partition coefficient (Wildman–Crippen LogP) is 4.07. The largest absolute Gasteiger partial charge is 0.152 e. The Morgan fingerprint density at radius 3 is 2.62 bits per heavy atom. The van der Waals surface area contributed by atoms with E-state index in [1.165, 1.54) is 5.56 Å². The molecule has 1 aromatic heterocycles. The van der Waals surface area contributed by atoms with Crippen LogP contribution in [-0.4, -0.2) is 0 Å². The maximum absolute atomic E-state index is 3.83. The molecule has 1 heterocycles. The van der Waals surface area contributed by atoms with Gasteiger partial charge in [-0.15, -0.1) is 6.58 Å². The Kier molecular flexibility index (Phi) is 3.58. The first-order valence-electron chi connectivity index (χ1n) is 5.11. The molecule has 0 amide bonds. The third-order valence-electron chi connectivity index (χ3n) is 2.28. The van der Waals surface area contributed by atoms with Crippen molar-refractivity contribution in [2.45, 2.75) is 5.92 Å². The number of hydrogen-bond donors (Lipinski definition) is 0. The van der Waals surface area contributed by atoms with E-state index < -0.39 is 0 Å². The van der Waals surface area contributed by atoms with Gasteiger partial charge in [0, 0.05) is 5.56 Å². The van der Waals surface area contributed by atoms with Crippen LogP contribution in [-0.2, 0) is 0 Å². The summed E-state index contributed by atoms with van der Waals surface area (Å²) < 4.78 is 0. The fourth-order valence-electron chi connectivity index (χ4n) is 1.41. The summed E-state index contributed by atoms with van der Waals surface area (Å²) >= 11 is 1.69. The Bertz CT molecular complexity index is 497. The number of allylic oxidation sites excluding steroid dienone is 1. The molecule has 0 aliphatic carbocycles. The molecule has 0 nitrogen and oxygen atoms in total. The Labute approximate surface area is 100 Å². The highest BCUT2D eigenvalue weighted by atomic mass is 32.1. The molecule has 0 saturated heterocycles. The van der Waals surface area contributed by atoms with Gasteiger partial charge < -0.3 is 0 Å². The molecule has 78 valence electrons. The second kappa shape index (κ2) is 5.34. The van der Waals surface area contributed by atoms with Crippen molar-refractivity contribution in [2.75, 3.05) is 0 Å². The number of hydrogen-bond acceptors (Lipinski definition) is 1. The van der Waals surface area contributed by atoms with Crippen molar-refractivity contribution in [3.05, 3.63) is 70.9 Å². The van der Waals surface area contributed by atoms with Gasteiger partial charge in [0.15, 0.2) is 0 Å². The summed E-state index contributed by atoms with van der Waals surface area (Å²) in [6.45, 7) is 3.83. The number of rotatable bonds is 2. The molecular formula is C15H12S. The fourth-order valence-corrected chi connectivity index (χ4v) is 2.11. The average molecular weight is 224 g/mol. The third-order valence-corrected chi connectivity index (χ3v) is 2.99. The summed E-state index contributed by atoms with van der Waals surface area (Å²) in [6, 6.07) is 12.1. The minimum Gasteiger partial charge on any atom is -0.152 e. The summed E-state index contributed by atoms with van der Waals surface area (Å²) in [5.74, 6) is 6.53. The first kappa shape index (κ1) is 10.7. The lowest BCUT2D eigenvalue weighted by Gasteiger charge is -2.00. The fraction of sp³-hybridized carbons (Fsp3) is 0.0667. The van der Waals surface area contributed by atoms with Gasteiger partial charge in [0.05, 0.1) is 5.92 Å². The molecule has 0 N–H and O–H groups in total. The van der Waals surface area contributed by atoms with Gasteiger partial charge in [-0.3, -0.25) is 0 Å². The molecule has 2 aromatic rings. The van der Waals surface area contributed by atoms with E-state index in [-0.39, 0.29) is 5.92 Å². The number of benzene rings is 1. The first-order chi connectivity index (χ1) is 7.90. The van der Waals surface area contributed by atoms with E-state index in [4.69, 9.17) is 0 Å². The lowest BCUT2D eigenvalue weighted by atomic mass is 10.0. The zero-order chi connectivity index (χ0) is 11.2. The van der Waals surface area contributed by atoms with Crippen LogP contribution in [0.3, 0.4) is 0 Å². The average Bonchev–Trinajstić information content (AvgIpc) is 2.85. The summed E-state index contributed by atoms with van der Waals surface area (Å²) in [5, 5.41) is 4.18. The standard InChI is InChI=1S/C15H12S/c1-2-14(15-10-11-16-12-15)9-8-13-6-4-3-5-7-13/h2-7,10-12,14H,1H2/t14-/m1/s1. The Hall–Kier alpha value is -1.78. The van der Waals surface area contributed by atoms with Crippen molar-refractivity contribution in [3.63, 3.8) is 0 Å². The van der Waals surface area contributed by atoms with Crippen molar-refractivity contribution >= 4 is 11.3 Å². The molecule has 2 rings (SSSR count). The second-order valence-electron chi connectivity index (χ2n) is 3.41. The molecule has 1 atom stereocenters. The van der Waals surface area contributed by atoms with E-state index in [1.54, 1.807) is 11.3 Å². The second-order valence-corrected chi connectivity index (χ2v) is 4.19. The summed E-state index contributed by atoms with van der Waals surface area (Å²) in [6.07, 6.45) is 1.89. The minimum atomic E-state index is 0.131. The van der Waals surface area contributed by atoms with Crippen molar-refractivity contribution in [1.82, 2.24) is 0 Å². The van der Waals surface area contributed by atoms with Crippen LogP contribution in [0, 0.1) is 11.8 Å². The zero-order valence-electron chi connectivity index (χ0n) is 8.89. The van der Waals surface area contributed by atoms with E-state index in [1.807, 2.05) is 36.4 Å². The molecule has 1 aromatic carbocycles. The number of thiophene rings is 1. The van der Waals surface area contributed by atoms with Crippen molar-refractivity contribution in [2.24, 2.45) is 0 Å². The van der Waals surface area contributed by atoms with E-state index in [0.29, 0.717) is 0 Å². The lowest BCUT2D eigenvalue weighted by Crippen LogP contribution is -1.87. The van der Waals surface area contributed by atoms with Gasteiger partial charge in [0.1, 0.15) is 0 Å². The van der Waals surface area contributed by atoms with Gasteiger partial charge >= 0.3 is 0 Å². The van der Waals surface area contributed by atoms with Crippen LogP contribution in [0.15, 0.2) is 59.8 Å². The van der Waals surface area contributed by atoms with Gasteiger partial charge in [-0.25, -0.2) is 0 Å². The molecule has 0 spiro atoms. The maximum Gasteiger partial charge on any atom is 0.0642 e. The van der Waals surface area contributed by atoms with Crippen LogP contribution in [0.4, 0.5) is 0 Å². The van der Waals surface area contributed by atoms with E-state index in [0.717, 1.165) is 5.56 Å². The molecule has 16 heavy (non-hydrogen) atoms. The molecule has 1 heteroatoms. The Balaban J connectivity index is 2.20. The molecular weight excluding hydrogens is 212 g/mol. The van der Waals surface area contributed by atoms with Gasteiger partial charge in [-0.05, 0) is 34.5 Å². The monoisotopic (exact) mass is 224 g/mol. The minimum absolute atomic E-state index is 0.131. The predicted molar refractivity (Wildman–Crippen MR) is 70.6 cm³/mol. The quantitative estimate of drug-likeness (QED) is 0.533. The van der Waals surface area contributed by atoms with Crippen LogP contribution in [0.2, 0.25) is 0 Å². The van der Waals surface area contributed by atoms with Gasteiger partial charge in [0.2, 0.25) is 0 Å². The Morgan fingerprint density at radius 2 is 2.00 bits per heavy atom. The van der Waals surface area contributed by atoms with Crippen molar-refractivity contribution < 1.29 is 0 Å². The smallest absolute Gasteiger partial charge is 0.0642 e. The topological polar surface area (TPSA) is 0 Å². The van der Waals surface area contributed by atoms with Crippen LogP contribution in [0.5, 0.6) is 0 Å². The SMILES string of the molecule is C=C[C@H](C#Cc1ccccc1)c1ccsc1. The van der Waals surface area contributed by atoms with Gasteiger partial charge in [0.25, 0.3) is 0 Å². The van der Waals surface area contributed by atoms with E-state index in [9.17, 15) is 0 Å². The molecule has 0 saturated carbocycles. The van der Waals surface area contributed by atoms with Crippen LogP contribution in [0.1, 0.15) is 17.0 Å². The highest BCUT2D eigenvalue weighted by Gasteiger charge is 2.02. The third kappa shape index (κ3) is 2.62. The highest BCUT2D eigenvalue weighted by molar-refractivity contribution is 7.08. The molecule has 0 bridgehead atoms. The van der Waals surface area contributed by atoms with Crippen LogP contribution < -0.4 is 0 Å². The summed E-state index contributed by atoms with van der Waals surface area (Å²) in [7, 11) is 0. The lowest BCUT2D eigenvalue weighted by molar-refractivity contribution is 1.15. The molecule has 0 fully saturated rings. The van der Waals surface area contributed by atoms with E-state index >= 15 is 0 Å². The highest BCUT2D eigenvalue weighted by Crippen LogP contribution is 2.18. The zero-order valence-corrected chi connectivity index (χ0v) is 9.71.